The molecule has 0 aliphatic carbocycles. The quantitative estimate of drug-likeness (QED) is 0.289. The van der Waals surface area contributed by atoms with Gasteiger partial charge in [-0.2, -0.15) is 5.10 Å². The summed E-state index contributed by atoms with van der Waals surface area (Å²) in [6, 6.07) is 20.6. The van der Waals surface area contributed by atoms with Gasteiger partial charge in [0.25, 0.3) is 5.91 Å². The number of para-hydroxylation sites is 1. The molecular weight excluding hydrogens is 420 g/mol. The molecule has 0 radical (unpaired) electrons. The lowest BCUT2D eigenvalue weighted by molar-refractivity contribution is 0.0955. The average molecular weight is 441 g/mol. The van der Waals surface area contributed by atoms with Gasteiger partial charge in [0.15, 0.2) is 11.5 Å². The third kappa shape index (κ3) is 5.78. The first kappa shape index (κ1) is 21.7. The number of hydrogen-bond acceptors (Lipinski definition) is 5. The van der Waals surface area contributed by atoms with E-state index < -0.39 is 0 Å². The highest BCUT2D eigenvalue weighted by Gasteiger charge is 2.08. The Morgan fingerprint density at radius 1 is 1.03 bits per heavy atom. The van der Waals surface area contributed by atoms with Gasteiger partial charge in [-0.15, -0.1) is 11.8 Å². The zero-order valence-corrected chi connectivity index (χ0v) is 18.2. The van der Waals surface area contributed by atoms with Crippen molar-refractivity contribution < 1.29 is 14.3 Å². The maximum absolute atomic E-state index is 12.3. The van der Waals surface area contributed by atoms with Gasteiger partial charge in [0.1, 0.15) is 0 Å². The van der Waals surface area contributed by atoms with Crippen LogP contribution in [0.4, 0.5) is 0 Å². The fourth-order valence-corrected chi connectivity index (χ4v) is 3.67. The van der Waals surface area contributed by atoms with Gasteiger partial charge in [-0.25, -0.2) is 5.43 Å². The number of benzene rings is 3. The minimum Gasteiger partial charge on any atom is -0.493 e. The Kier molecular flexibility index (Phi) is 7.76. The first-order valence-electron chi connectivity index (χ1n) is 9.12. The molecule has 1 N–H and O–H groups in total. The van der Waals surface area contributed by atoms with Crippen molar-refractivity contribution in [3.05, 3.63) is 88.4 Å². The maximum atomic E-state index is 12.3. The zero-order valence-electron chi connectivity index (χ0n) is 16.6. The fraction of sp³-hybridized carbons (Fsp3) is 0.130. The van der Waals surface area contributed by atoms with Crippen molar-refractivity contribution in [3.8, 4) is 11.5 Å². The monoisotopic (exact) mass is 440 g/mol. The molecule has 0 aliphatic rings. The number of rotatable bonds is 8. The van der Waals surface area contributed by atoms with Crippen LogP contribution >= 0.6 is 23.4 Å². The van der Waals surface area contributed by atoms with Gasteiger partial charge < -0.3 is 9.47 Å². The Hall–Kier alpha value is -2.96. The number of hydrazone groups is 1. The highest BCUT2D eigenvalue weighted by molar-refractivity contribution is 7.98. The molecule has 0 fully saturated rings. The van der Waals surface area contributed by atoms with Crippen molar-refractivity contribution in [2.45, 2.75) is 10.6 Å². The summed E-state index contributed by atoms with van der Waals surface area (Å²) in [5.74, 6) is 1.67. The van der Waals surface area contributed by atoms with E-state index in [-0.39, 0.29) is 5.91 Å². The van der Waals surface area contributed by atoms with Crippen LogP contribution < -0.4 is 14.9 Å². The lowest BCUT2D eigenvalue weighted by Crippen LogP contribution is -2.17. The Bertz CT molecular complexity index is 1020. The number of nitrogens with one attached hydrogen (secondary N) is 1. The van der Waals surface area contributed by atoms with Gasteiger partial charge in [0, 0.05) is 26.8 Å². The summed E-state index contributed by atoms with van der Waals surface area (Å²) < 4.78 is 10.6. The van der Waals surface area contributed by atoms with Crippen molar-refractivity contribution >= 4 is 35.5 Å². The number of hydrogen-bond donors (Lipinski definition) is 1. The molecule has 0 saturated heterocycles. The third-order valence-electron chi connectivity index (χ3n) is 4.24. The topological polar surface area (TPSA) is 59.9 Å². The fourth-order valence-electron chi connectivity index (χ4n) is 2.69. The molecule has 0 saturated carbocycles. The van der Waals surface area contributed by atoms with E-state index in [0.29, 0.717) is 22.6 Å². The number of halogens is 1. The molecule has 0 spiro atoms. The van der Waals surface area contributed by atoms with Crippen LogP contribution in [0.2, 0.25) is 5.02 Å². The van der Waals surface area contributed by atoms with Gasteiger partial charge in [0.2, 0.25) is 0 Å². The van der Waals surface area contributed by atoms with Crippen LogP contribution in [-0.4, -0.2) is 26.3 Å². The van der Waals surface area contributed by atoms with Crippen molar-refractivity contribution in [2.75, 3.05) is 14.2 Å². The third-order valence-corrected chi connectivity index (χ3v) is 5.57. The van der Waals surface area contributed by atoms with E-state index in [2.05, 4.69) is 10.5 Å². The largest absolute Gasteiger partial charge is 0.493 e. The minimum atomic E-state index is -0.287. The van der Waals surface area contributed by atoms with Gasteiger partial charge in [-0.05, 0) is 54.1 Å². The van der Waals surface area contributed by atoms with Crippen molar-refractivity contribution in [3.63, 3.8) is 0 Å². The summed E-state index contributed by atoms with van der Waals surface area (Å²) in [5, 5.41) is 4.76. The second kappa shape index (κ2) is 10.7. The Balaban J connectivity index is 1.57. The summed E-state index contributed by atoms with van der Waals surface area (Å²) in [4.78, 5) is 13.5. The Morgan fingerprint density at radius 3 is 2.43 bits per heavy atom. The van der Waals surface area contributed by atoms with Crippen LogP contribution in [0.1, 0.15) is 21.5 Å². The van der Waals surface area contributed by atoms with Crippen LogP contribution in [0.25, 0.3) is 0 Å². The molecule has 3 aromatic rings. The SMILES string of the molecule is COc1cccc(/C=N/NC(=O)c2ccc(CSc3ccc(Cl)cc3)cc2)c1OC. The van der Waals surface area contributed by atoms with E-state index in [0.717, 1.165) is 21.2 Å². The average Bonchev–Trinajstić information content (AvgIpc) is 2.78. The van der Waals surface area contributed by atoms with Crippen LogP contribution in [0.15, 0.2) is 76.7 Å². The maximum Gasteiger partial charge on any atom is 0.271 e. The van der Waals surface area contributed by atoms with E-state index >= 15 is 0 Å². The van der Waals surface area contributed by atoms with E-state index in [4.69, 9.17) is 21.1 Å². The van der Waals surface area contributed by atoms with Crippen LogP contribution in [0, 0.1) is 0 Å². The molecule has 0 aliphatic heterocycles. The van der Waals surface area contributed by atoms with Gasteiger partial charge >= 0.3 is 0 Å². The normalized spacial score (nSPS) is 10.8. The summed E-state index contributed by atoms with van der Waals surface area (Å²) in [6.45, 7) is 0. The highest BCUT2D eigenvalue weighted by Crippen LogP contribution is 2.29. The molecule has 1 amide bonds. The zero-order chi connectivity index (χ0) is 21.3. The highest BCUT2D eigenvalue weighted by atomic mass is 35.5. The van der Waals surface area contributed by atoms with Gasteiger partial charge in [-0.3, -0.25) is 4.79 Å². The van der Waals surface area contributed by atoms with E-state index in [1.54, 1.807) is 44.2 Å². The first-order chi connectivity index (χ1) is 14.6. The van der Waals surface area contributed by atoms with E-state index in [9.17, 15) is 4.79 Å². The second-order valence-corrected chi connectivity index (χ2v) is 7.71. The lowest BCUT2D eigenvalue weighted by atomic mass is 10.1. The van der Waals surface area contributed by atoms with E-state index in [1.165, 1.54) is 6.21 Å². The summed E-state index contributed by atoms with van der Waals surface area (Å²) in [7, 11) is 3.12. The van der Waals surface area contributed by atoms with Gasteiger partial charge in [0.05, 0.1) is 20.4 Å². The molecule has 0 unspecified atom stereocenters. The molecule has 3 rings (SSSR count). The van der Waals surface area contributed by atoms with Crippen LogP contribution in [0.5, 0.6) is 11.5 Å². The first-order valence-corrected chi connectivity index (χ1v) is 10.5. The van der Waals surface area contributed by atoms with Crippen LogP contribution in [0.3, 0.4) is 0 Å². The molecule has 5 nitrogen and oxygen atoms in total. The molecule has 7 heteroatoms. The summed E-state index contributed by atoms with van der Waals surface area (Å²) in [6.07, 6.45) is 1.52. The number of amides is 1. The number of carbonyl (C=O) groups is 1. The second-order valence-electron chi connectivity index (χ2n) is 6.22. The molecule has 3 aromatic carbocycles. The predicted octanol–water partition coefficient (Wildman–Crippen LogP) is 5.41. The number of carbonyl (C=O) groups excluding carboxylic acids is 1. The molecule has 0 aromatic heterocycles. The summed E-state index contributed by atoms with van der Waals surface area (Å²) in [5.41, 5.74) is 4.89. The number of thioether (sulfide) groups is 1. The van der Waals surface area contributed by atoms with Gasteiger partial charge in [-0.1, -0.05) is 29.8 Å². The van der Waals surface area contributed by atoms with Crippen molar-refractivity contribution in [1.29, 1.82) is 0 Å². The standard InChI is InChI=1S/C23H21ClN2O3S/c1-28-21-5-3-4-18(22(21)29-2)14-25-26-23(27)17-8-6-16(7-9-17)15-30-20-12-10-19(24)11-13-20/h3-14H,15H2,1-2H3,(H,26,27)/b25-14+. The Morgan fingerprint density at radius 2 is 1.77 bits per heavy atom. The number of ether oxygens (including phenoxy) is 2. The molecule has 30 heavy (non-hydrogen) atoms. The van der Waals surface area contributed by atoms with E-state index in [1.807, 2.05) is 48.5 Å². The number of methoxy groups -OCH3 is 2. The smallest absolute Gasteiger partial charge is 0.271 e. The molecule has 0 atom stereocenters. The van der Waals surface area contributed by atoms with Crippen molar-refractivity contribution in [2.24, 2.45) is 5.10 Å². The molecule has 154 valence electrons. The molecule has 0 heterocycles. The molecular formula is C23H21ClN2O3S. The lowest BCUT2D eigenvalue weighted by Gasteiger charge is -2.09. The Labute approximate surface area is 185 Å². The predicted molar refractivity (Wildman–Crippen MR) is 122 cm³/mol. The van der Waals surface area contributed by atoms with Crippen LogP contribution in [-0.2, 0) is 5.75 Å². The van der Waals surface area contributed by atoms with Crippen molar-refractivity contribution in [1.82, 2.24) is 5.43 Å². The minimum absolute atomic E-state index is 0.287. The number of nitrogens with zero attached hydrogens (tertiary/aromatic N) is 1. The molecule has 0 bridgehead atoms. The summed E-state index contributed by atoms with van der Waals surface area (Å²) >= 11 is 7.62.